The largest absolute Gasteiger partial charge is 0.309 e. The van der Waals surface area contributed by atoms with Crippen molar-refractivity contribution in [2.24, 2.45) is 0 Å². The zero-order chi connectivity index (χ0) is 21.8. The number of para-hydroxylation sites is 1. The summed E-state index contributed by atoms with van der Waals surface area (Å²) in [7, 11) is -3.59. The van der Waals surface area contributed by atoms with Crippen LogP contribution in [0.15, 0.2) is 83.8 Å². The van der Waals surface area contributed by atoms with Gasteiger partial charge in [-0.25, -0.2) is 13.1 Å². The van der Waals surface area contributed by atoms with Crippen molar-refractivity contribution in [3.05, 3.63) is 95.6 Å². The molecule has 1 N–H and O–H groups in total. The van der Waals surface area contributed by atoms with Crippen molar-refractivity contribution in [1.82, 2.24) is 4.72 Å². The second kappa shape index (κ2) is 9.04. The summed E-state index contributed by atoms with van der Waals surface area (Å²) in [6.07, 6.45) is 1.84. The molecule has 0 unspecified atom stereocenters. The minimum Gasteiger partial charge on any atom is -0.309 e. The highest BCUT2D eigenvalue weighted by Gasteiger charge is 2.30. The van der Waals surface area contributed by atoms with Gasteiger partial charge in [0.25, 0.3) is 0 Å². The fraction of sp³-hybridized carbons (Fsp3) is 0.240. The van der Waals surface area contributed by atoms with Crippen LogP contribution in [0.5, 0.6) is 0 Å². The van der Waals surface area contributed by atoms with E-state index in [-0.39, 0.29) is 23.4 Å². The van der Waals surface area contributed by atoms with Gasteiger partial charge in [-0.15, -0.1) is 0 Å². The molecule has 1 atom stereocenters. The summed E-state index contributed by atoms with van der Waals surface area (Å²) in [6.45, 7) is 2.31. The summed E-state index contributed by atoms with van der Waals surface area (Å²) in [6, 6.07) is 24.4. The van der Waals surface area contributed by atoms with E-state index in [1.165, 1.54) is 5.56 Å². The summed E-state index contributed by atoms with van der Waals surface area (Å²) in [5.74, 6) is 0.0960. The third-order valence-corrected chi connectivity index (χ3v) is 7.06. The number of hydrogen-bond donors (Lipinski definition) is 1. The molecule has 1 aliphatic heterocycles. The number of sulfonamides is 1. The molecule has 0 saturated carbocycles. The van der Waals surface area contributed by atoms with E-state index in [9.17, 15) is 13.2 Å². The van der Waals surface area contributed by atoms with Crippen molar-refractivity contribution >= 4 is 21.6 Å². The van der Waals surface area contributed by atoms with Gasteiger partial charge in [0.05, 0.1) is 4.90 Å². The molecule has 0 spiro atoms. The van der Waals surface area contributed by atoms with Gasteiger partial charge >= 0.3 is 0 Å². The topological polar surface area (TPSA) is 66.5 Å². The Bertz CT molecular complexity index is 1160. The smallest absolute Gasteiger partial charge is 0.240 e. The molecular weight excluding hydrogens is 408 g/mol. The Morgan fingerprint density at radius 3 is 2.35 bits per heavy atom. The Morgan fingerprint density at radius 1 is 0.935 bits per heavy atom. The third kappa shape index (κ3) is 4.86. The lowest BCUT2D eigenvalue weighted by atomic mass is 10.1. The van der Waals surface area contributed by atoms with Gasteiger partial charge in [0, 0.05) is 24.7 Å². The van der Waals surface area contributed by atoms with Crippen LogP contribution in [0.1, 0.15) is 30.0 Å². The molecule has 1 heterocycles. The molecule has 4 rings (SSSR count). The molecule has 6 heteroatoms. The van der Waals surface area contributed by atoms with E-state index < -0.39 is 10.0 Å². The molecular formula is C25H26N2O3S. The number of nitrogens with one attached hydrogen (secondary N) is 1. The third-order valence-electron chi connectivity index (χ3n) is 5.65. The number of carbonyl (C=O) groups excluding carboxylic acids is 1. The van der Waals surface area contributed by atoms with E-state index in [1.807, 2.05) is 53.4 Å². The SMILES string of the molecule is C[C@@H]1Cc2ccccc2N1C(=O)CCc1ccc(S(=O)(=O)NCc2ccccc2)cc1. The van der Waals surface area contributed by atoms with Crippen LogP contribution in [0.25, 0.3) is 0 Å². The summed E-state index contributed by atoms with van der Waals surface area (Å²) in [4.78, 5) is 15.0. The summed E-state index contributed by atoms with van der Waals surface area (Å²) >= 11 is 0. The maximum atomic E-state index is 12.9. The van der Waals surface area contributed by atoms with E-state index in [1.54, 1.807) is 24.3 Å². The summed E-state index contributed by atoms with van der Waals surface area (Å²) in [5, 5.41) is 0. The predicted molar refractivity (Wildman–Crippen MR) is 122 cm³/mol. The molecule has 0 aromatic heterocycles. The highest BCUT2D eigenvalue weighted by Crippen LogP contribution is 2.32. The molecule has 3 aromatic carbocycles. The Kier molecular flexibility index (Phi) is 6.20. The number of nitrogens with zero attached hydrogens (tertiary/aromatic N) is 1. The number of aryl methyl sites for hydroxylation is 1. The molecule has 0 fully saturated rings. The first-order valence-corrected chi connectivity index (χ1v) is 11.9. The van der Waals surface area contributed by atoms with Gasteiger partial charge in [-0.05, 0) is 54.7 Å². The van der Waals surface area contributed by atoms with E-state index in [0.717, 1.165) is 23.2 Å². The number of rotatable bonds is 7. The quantitative estimate of drug-likeness (QED) is 0.609. The van der Waals surface area contributed by atoms with Crippen molar-refractivity contribution in [2.45, 2.75) is 43.7 Å². The van der Waals surface area contributed by atoms with Gasteiger partial charge in [0.2, 0.25) is 15.9 Å². The Balaban J connectivity index is 1.36. The van der Waals surface area contributed by atoms with Crippen LogP contribution >= 0.6 is 0 Å². The average molecular weight is 435 g/mol. The van der Waals surface area contributed by atoms with Crippen LogP contribution in [-0.2, 0) is 34.2 Å². The van der Waals surface area contributed by atoms with E-state index in [2.05, 4.69) is 17.7 Å². The van der Waals surface area contributed by atoms with Gasteiger partial charge in [0.1, 0.15) is 0 Å². The van der Waals surface area contributed by atoms with Gasteiger partial charge < -0.3 is 4.90 Å². The molecule has 160 valence electrons. The predicted octanol–water partition coefficient (Wildman–Crippen LogP) is 4.08. The van der Waals surface area contributed by atoms with Gasteiger partial charge in [-0.2, -0.15) is 0 Å². The van der Waals surface area contributed by atoms with E-state index >= 15 is 0 Å². The second-order valence-electron chi connectivity index (χ2n) is 7.90. The first-order valence-electron chi connectivity index (χ1n) is 10.5. The molecule has 3 aromatic rings. The fourth-order valence-corrected chi connectivity index (χ4v) is 5.03. The van der Waals surface area contributed by atoms with Crippen LogP contribution in [0.2, 0.25) is 0 Å². The number of carbonyl (C=O) groups is 1. The first-order chi connectivity index (χ1) is 14.9. The highest BCUT2D eigenvalue weighted by atomic mass is 32.2. The normalized spacial score (nSPS) is 15.6. The molecule has 0 radical (unpaired) electrons. The Morgan fingerprint density at radius 2 is 1.61 bits per heavy atom. The van der Waals surface area contributed by atoms with E-state index in [4.69, 9.17) is 0 Å². The minimum absolute atomic E-state index is 0.0960. The van der Waals surface area contributed by atoms with Gasteiger partial charge in [-0.1, -0.05) is 60.7 Å². The van der Waals surface area contributed by atoms with Crippen LogP contribution in [0.4, 0.5) is 5.69 Å². The molecule has 5 nitrogen and oxygen atoms in total. The lowest BCUT2D eigenvalue weighted by Crippen LogP contribution is -2.35. The zero-order valence-electron chi connectivity index (χ0n) is 17.5. The molecule has 31 heavy (non-hydrogen) atoms. The van der Waals surface area contributed by atoms with Crippen molar-refractivity contribution in [3.63, 3.8) is 0 Å². The van der Waals surface area contributed by atoms with Crippen molar-refractivity contribution < 1.29 is 13.2 Å². The minimum atomic E-state index is -3.59. The fourth-order valence-electron chi connectivity index (χ4n) is 4.01. The monoisotopic (exact) mass is 434 g/mol. The lowest BCUT2D eigenvalue weighted by Gasteiger charge is -2.22. The molecule has 1 aliphatic rings. The van der Waals surface area contributed by atoms with Gasteiger partial charge in [0.15, 0.2) is 0 Å². The number of hydrogen-bond acceptors (Lipinski definition) is 3. The highest BCUT2D eigenvalue weighted by molar-refractivity contribution is 7.89. The molecule has 0 bridgehead atoms. The maximum Gasteiger partial charge on any atom is 0.240 e. The van der Waals surface area contributed by atoms with Crippen LogP contribution in [0, 0.1) is 0 Å². The van der Waals surface area contributed by atoms with Crippen molar-refractivity contribution in [1.29, 1.82) is 0 Å². The van der Waals surface area contributed by atoms with Crippen LogP contribution < -0.4 is 9.62 Å². The number of amides is 1. The number of anilines is 1. The lowest BCUT2D eigenvalue weighted by molar-refractivity contribution is -0.118. The maximum absolute atomic E-state index is 12.9. The van der Waals surface area contributed by atoms with Crippen LogP contribution in [0.3, 0.4) is 0 Å². The Labute approximate surface area is 183 Å². The van der Waals surface area contributed by atoms with E-state index in [0.29, 0.717) is 12.8 Å². The Hall–Kier alpha value is -2.96. The standard InChI is InChI=1S/C25H26N2O3S/c1-19-17-22-9-5-6-10-24(22)27(19)25(28)16-13-20-11-14-23(15-12-20)31(29,30)26-18-21-7-3-2-4-8-21/h2-12,14-15,19,26H,13,16-18H2,1H3/t19-/m1/s1. The average Bonchev–Trinajstić information content (AvgIpc) is 3.13. The molecule has 1 amide bonds. The van der Waals surface area contributed by atoms with Crippen molar-refractivity contribution in [3.8, 4) is 0 Å². The van der Waals surface area contributed by atoms with Crippen LogP contribution in [-0.4, -0.2) is 20.4 Å². The number of fused-ring (bicyclic) bond motifs is 1. The second-order valence-corrected chi connectivity index (χ2v) is 9.67. The van der Waals surface area contributed by atoms with Crippen molar-refractivity contribution in [2.75, 3.05) is 4.90 Å². The number of benzene rings is 3. The molecule has 0 saturated heterocycles. The zero-order valence-corrected chi connectivity index (χ0v) is 18.3. The summed E-state index contributed by atoms with van der Waals surface area (Å²) in [5.41, 5.74) is 4.06. The first kappa shape index (κ1) is 21.3. The molecule has 0 aliphatic carbocycles. The van der Waals surface area contributed by atoms with Gasteiger partial charge in [-0.3, -0.25) is 4.79 Å². The summed E-state index contributed by atoms with van der Waals surface area (Å²) < 4.78 is 27.7.